The lowest BCUT2D eigenvalue weighted by atomic mass is 9.95. The van der Waals surface area contributed by atoms with E-state index in [1.807, 2.05) is 0 Å². The van der Waals surface area contributed by atoms with E-state index in [1.165, 1.54) is 25.7 Å². The molecule has 2 heterocycles. The van der Waals surface area contributed by atoms with Gasteiger partial charge in [-0.1, -0.05) is 19.1 Å². The fraction of sp³-hybridized carbons (Fsp3) is 0.812. The molecule has 0 saturated carbocycles. The largest absolute Gasteiger partial charge is 0.339 e. The average Bonchev–Trinajstić information content (AvgIpc) is 3.05. The molecular formula is C16H26N2O. The number of hydrogen-bond donors (Lipinski definition) is 1. The highest BCUT2D eigenvalue weighted by Crippen LogP contribution is 2.31. The van der Waals surface area contributed by atoms with Crippen LogP contribution in [0.5, 0.6) is 0 Å². The molecule has 0 spiro atoms. The number of piperidine rings is 1. The molecule has 2 saturated heterocycles. The van der Waals surface area contributed by atoms with E-state index in [1.54, 1.807) is 0 Å². The van der Waals surface area contributed by atoms with Gasteiger partial charge in [-0.25, -0.2) is 0 Å². The monoisotopic (exact) mass is 262 g/mol. The highest BCUT2D eigenvalue weighted by Gasteiger charge is 2.38. The molecule has 2 aliphatic heterocycles. The lowest BCUT2D eigenvalue weighted by Crippen LogP contribution is -2.51. The van der Waals surface area contributed by atoms with Crippen molar-refractivity contribution in [2.75, 3.05) is 6.54 Å². The van der Waals surface area contributed by atoms with Crippen LogP contribution in [0.2, 0.25) is 0 Å². The summed E-state index contributed by atoms with van der Waals surface area (Å²) in [7, 11) is 0. The average molecular weight is 262 g/mol. The summed E-state index contributed by atoms with van der Waals surface area (Å²) in [6.45, 7) is 3.13. The van der Waals surface area contributed by atoms with Gasteiger partial charge in [0.15, 0.2) is 0 Å². The summed E-state index contributed by atoms with van der Waals surface area (Å²) < 4.78 is 0. The van der Waals surface area contributed by atoms with Gasteiger partial charge in [0.25, 0.3) is 0 Å². The highest BCUT2D eigenvalue weighted by atomic mass is 16.2. The standard InChI is InChI=1S/C16H26N2O/c1-2-9-18(16(19)12-5-3-4-6-12)15-10-13-7-8-14(11-15)17-13/h3-4,12-15,17H,2,5-11H2,1H3. The van der Waals surface area contributed by atoms with Gasteiger partial charge in [-0.3, -0.25) is 4.79 Å². The third kappa shape index (κ3) is 2.71. The molecule has 0 aromatic rings. The Bertz CT molecular complexity index is 346. The summed E-state index contributed by atoms with van der Waals surface area (Å²) in [5, 5.41) is 3.68. The van der Waals surface area contributed by atoms with Crippen molar-refractivity contribution >= 4 is 5.91 Å². The molecule has 1 aliphatic carbocycles. The number of rotatable bonds is 4. The smallest absolute Gasteiger partial charge is 0.226 e. The predicted molar refractivity (Wildman–Crippen MR) is 76.8 cm³/mol. The van der Waals surface area contributed by atoms with E-state index in [2.05, 4.69) is 29.3 Å². The van der Waals surface area contributed by atoms with Gasteiger partial charge >= 0.3 is 0 Å². The molecule has 2 unspecified atom stereocenters. The van der Waals surface area contributed by atoms with E-state index in [-0.39, 0.29) is 5.92 Å². The number of hydrogen-bond acceptors (Lipinski definition) is 2. The number of allylic oxidation sites excluding steroid dienone is 2. The van der Waals surface area contributed by atoms with Crippen molar-refractivity contribution in [1.29, 1.82) is 0 Å². The Kier molecular flexibility index (Phi) is 3.92. The van der Waals surface area contributed by atoms with Crippen LogP contribution < -0.4 is 5.32 Å². The van der Waals surface area contributed by atoms with Crippen LogP contribution in [0, 0.1) is 5.92 Å². The second kappa shape index (κ2) is 5.66. The van der Waals surface area contributed by atoms with Gasteiger partial charge in [-0.2, -0.15) is 0 Å². The van der Waals surface area contributed by atoms with Crippen LogP contribution in [0.15, 0.2) is 12.2 Å². The van der Waals surface area contributed by atoms with Crippen molar-refractivity contribution in [2.24, 2.45) is 5.92 Å². The van der Waals surface area contributed by atoms with E-state index < -0.39 is 0 Å². The minimum absolute atomic E-state index is 0.235. The normalized spacial score (nSPS) is 33.8. The molecule has 3 rings (SSSR count). The molecule has 0 aromatic heterocycles. The van der Waals surface area contributed by atoms with Crippen molar-refractivity contribution in [2.45, 2.75) is 70.0 Å². The van der Waals surface area contributed by atoms with Gasteiger partial charge in [-0.05, 0) is 44.9 Å². The van der Waals surface area contributed by atoms with Gasteiger partial charge in [0.1, 0.15) is 0 Å². The van der Waals surface area contributed by atoms with Crippen molar-refractivity contribution in [3.8, 4) is 0 Å². The maximum Gasteiger partial charge on any atom is 0.226 e. The molecule has 3 nitrogen and oxygen atoms in total. The van der Waals surface area contributed by atoms with E-state index >= 15 is 0 Å². The van der Waals surface area contributed by atoms with Gasteiger partial charge in [-0.15, -0.1) is 0 Å². The fourth-order valence-corrected chi connectivity index (χ4v) is 4.05. The summed E-state index contributed by atoms with van der Waals surface area (Å²) in [5.41, 5.74) is 0. The van der Waals surface area contributed by atoms with Crippen LogP contribution in [0.1, 0.15) is 51.9 Å². The zero-order chi connectivity index (χ0) is 13.2. The Balaban J connectivity index is 1.67. The zero-order valence-corrected chi connectivity index (χ0v) is 12.0. The number of carbonyl (C=O) groups is 1. The van der Waals surface area contributed by atoms with Crippen molar-refractivity contribution in [1.82, 2.24) is 10.2 Å². The van der Waals surface area contributed by atoms with E-state index in [0.29, 0.717) is 24.0 Å². The number of amides is 1. The first-order valence-corrected chi connectivity index (χ1v) is 7.99. The van der Waals surface area contributed by atoms with Crippen LogP contribution >= 0.6 is 0 Å². The van der Waals surface area contributed by atoms with E-state index in [4.69, 9.17) is 0 Å². The summed E-state index contributed by atoms with van der Waals surface area (Å²) in [6, 6.07) is 1.82. The lowest BCUT2D eigenvalue weighted by Gasteiger charge is -2.39. The molecule has 0 aromatic carbocycles. The maximum atomic E-state index is 12.7. The maximum absolute atomic E-state index is 12.7. The Morgan fingerprint density at radius 1 is 1.21 bits per heavy atom. The molecule has 3 heteroatoms. The number of nitrogens with zero attached hydrogens (tertiary/aromatic N) is 1. The molecule has 106 valence electrons. The Hall–Kier alpha value is -0.830. The number of fused-ring (bicyclic) bond motifs is 2. The van der Waals surface area contributed by atoms with Crippen LogP contribution in [-0.4, -0.2) is 35.5 Å². The predicted octanol–water partition coefficient (Wildman–Crippen LogP) is 2.47. The molecule has 1 N–H and O–H groups in total. The highest BCUT2D eigenvalue weighted by molar-refractivity contribution is 5.80. The quantitative estimate of drug-likeness (QED) is 0.789. The van der Waals surface area contributed by atoms with Gasteiger partial charge in [0.2, 0.25) is 5.91 Å². The minimum Gasteiger partial charge on any atom is -0.339 e. The zero-order valence-electron chi connectivity index (χ0n) is 12.0. The first-order chi connectivity index (χ1) is 9.28. The molecular weight excluding hydrogens is 236 g/mol. The van der Waals surface area contributed by atoms with E-state index in [0.717, 1.165) is 25.8 Å². The SMILES string of the molecule is CCCN(C(=O)C1CC=CC1)C1CC2CCC(C1)N2. The van der Waals surface area contributed by atoms with Crippen molar-refractivity contribution < 1.29 is 4.79 Å². The number of carbonyl (C=O) groups excluding carboxylic acids is 1. The summed E-state index contributed by atoms with van der Waals surface area (Å²) in [5.74, 6) is 0.650. The molecule has 2 atom stereocenters. The molecule has 3 aliphatic rings. The second-order valence-electron chi connectivity index (χ2n) is 6.43. The van der Waals surface area contributed by atoms with Gasteiger partial charge in [0.05, 0.1) is 0 Å². The topological polar surface area (TPSA) is 32.3 Å². The lowest BCUT2D eigenvalue weighted by molar-refractivity contribution is -0.138. The molecule has 19 heavy (non-hydrogen) atoms. The van der Waals surface area contributed by atoms with Crippen molar-refractivity contribution in [3.05, 3.63) is 12.2 Å². The van der Waals surface area contributed by atoms with Crippen molar-refractivity contribution in [3.63, 3.8) is 0 Å². The van der Waals surface area contributed by atoms with Crippen LogP contribution in [0.25, 0.3) is 0 Å². The Morgan fingerprint density at radius 2 is 1.84 bits per heavy atom. The second-order valence-corrected chi connectivity index (χ2v) is 6.43. The minimum atomic E-state index is 0.235. The Morgan fingerprint density at radius 3 is 2.42 bits per heavy atom. The van der Waals surface area contributed by atoms with Crippen LogP contribution in [-0.2, 0) is 4.79 Å². The third-order valence-corrected chi connectivity index (χ3v) is 4.99. The summed E-state index contributed by atoms with van der Waals surface area (Å²) >= 11 is 0. The van der Waals surface area contributed by atoms with Crippen LogP contribution in [0.3, 0.4) is 0 Å². The first kappa shape index (κ1) is 13.2. The van der Waals surface area contributed by atoms with E-state index in [9.17, 15) is 4.79 Å². The molecule has 1 amide bonds. The first-order valence-electron chi connectivity index (χ1n) is 7.99. The third-order valence-electron chi connectivity index (χ3n) is 4.99. The fourth-order valence-electron chi connectivity index (χ4n) is 4.05. The molecule has 0 radical (unpaired) electrons. The number of nitrogens with one attached hydrogen (secondary N) is 1. The van der Waals surface area contributed by atoms with Gasteiger partial charge < -0.3 is 10.2 Å². The Labute approximate surface area is 116 Å². The van der Waals surface area contributed by atoms with Gasteiger partial charge in [0, 0.05) is 30.6 Å². The summed E-state index contributed by atoms with van der Waals surface area (Å²) in [6.07, 6.45) is 12.3. The summed E-state index contributed by atoms with van der Waals surface area (Å²) in [4.78, 5) is 15.0. The molecule has 2 fully saturated rings. The van der Waals surface area contributed by atoms with Crippen LogP contribution in [0.4, 0.5) is 0 Å². The molecule has 2 bridgehead atoms.